The molecule has 1 fully saturated rings. The molecule has 3 N–H and O–H groups in total. The maximum Gasteiger partial charge on any atom is 0.471 e. The first-order valence-corrected chi connectivity index (χ1v) is 12.9. The lowest BCUT2D eigenvalue weighted by molar-refractivity contribution is -0.167. The summed E-state index contributed by atoms with van der Waals surface area (Å²) < 4.78 is 78.9. The number of carbonyl (C=O) groups is 2. The van der Waals surface area contributed by atoms with Crippen LogP contribution in [0.5, 0.6) is 5.88 Å². The SMILES string of the molecule is CCOc1nn(-c2ccccc2)c(NC(=O)N[C@@H]2CN(CCOC)C[C@H]2c2ccc(F)c(F)c2)c1NC(=O)C(F)(F)F. The lowest BCUT2D eigenvalue weighted by Crippen LogP contribution is -2.42. The number of rotatable bonds is 10. The summed E-state index contributed by atoms with van der Waals surface area (Å²) in [6, 6.07) is 10.2. The Bertz CT molecular complexity index is 1400. The minimum atomic E-state index is -5.23. The van der Waals surface area contributed by atoms with Gasteiger partial charge in [0.1, 0.15) is 5.69 Å². The van der Waals surface area contributed by atoms with Crippen LogP contribution in [0.25, 0.3) is 5.69 Å². The van der Waals surface area contributed by atoms with Gasteiger partial charge in [-0.25, -0.2) is 18.3 Å². The van der Waals surface area contributed by atoms with Gasteiger partial charge in [-0.2, -0.15) is 13.2 Å². The highest BCUT2D eigenvalue weighted by atomic mass is 19.4. The predicted octanol–water partition coefficient (Wildman–Crippen LogP) is 4.29. The molecule has 42 heavy (non-hydrogen) atoms. The predicted molar refractivity (Wildman–Crippen MR) is 143 cm³/mol. The number of methoxy groups -OCH3 is 1. The number of anilines is 2. The average Bonchev–Trinajstić information content (AvgIpc) is 3.50. The van der Waals surface area contributed by atoms with Crippen molar-refractivity contribution in [1.29, 1.82) is 0 Å². The van der Waals surface area contributed by atoms with E-state index in [1.807, 2.05) is 4.90 Å². The topological polar surface area (TPSA) is 110 Å². The minimum Gasteiger partial charge on any atom is -0.475 e. The van der Waals surface area contributed by atoms with E-state index in [1.54, 1.807) is 42.6 Å². The zero-order valence-corrected chi connectivity index (χ0v) is 22.7. The van der Waals surface area contributed by atoms with Gasteiger partial charge < -0.3 is 20.1 Å². The summed E-state index contributed by atoms with van der Waals surface area (Å²) in [6.45, 7) is 3.18. The smallest absolute Gasteiger partial charge is 0.471 e. The third-order valence-electron chi connectivity index (χ3n) is 6.56. The summed E-state index contributed by atoms with van der Waals surface area (Å²) in [5.41, 5.74) is 0.307. The van der Waals surface area contributed by atoms with Gasteiger partial charge in [0.05, 0.1) is 24.9 Å². The number of alkyl halides is 3. The normalized spacial score (nSPS) is 17.2. The van der Waals surface area contributed by atoms with Crippen molar-refractivity contribution in [3.63, 3.8) is 0 Å². The van der Waals surface area contributed by atoms with E-state index in [2.05, 4.69) is 15.7 Å². The molecule has 2 aromatic carbocycles. The molecule has 226 valence electrons. The van der Waals surface area contributed by atoms with Gasteiger partial charge in [-0.05, 0) is 36.8 Å². The Labute approximate surface area is 237 Å². The van der Waals surface area contributed by atoms with Crippen molar-refractivity contribution in [2.75, 3.05) is 50.6 Å². The number of amides is 3. The van der Waals surface area contributed by atoms with E-state index in [4.69, 9.17) is 9.47 Å². The first-order valence-electron chi connectivity index (χ1n) is 12.9. The lowest BCUT2D eigenvalue weighted by atomic mass is 9.94. The maximum absolute atomic E-state index is 14.1. The number of halogens is 5. The van der Waals surface area contributed by atoms with Gasteiger partial charge in [0, 0.05) is 32.7 Å². The zero-order chi connectivity index (χ0) is 30.4. The standard InChI is InChI=1S/C27H29F5N6O4/c1-3-42-24-22(34-25(39)27(30,31)32)23(38(36-24)17-7-5-4-6-8-17)35-26(40)33-21-15-37(11-12-41-2)14-18(21)16-9-10-19(28)20(29)13-16/h4-10,13,18,21H,3,11-12,14-15H2,1-2H3,(H,34,39)(H2,33,35,40)/t18-,21+/m0/s1. The molecule has 10 nitrogen and oxygen atoms in total. The summed E-state index contributed by atoms with van der Waals surface area (Å²) in [7, 11) is 1.54. The van der Waals surface area contributed by atoms with Crippen molar-refractivity contribution >= 4 is 23.4 Å². The van der Waals surface area contributed by atoms with Gasteiger partial charge in [0.15, 0.2) is 17.5 Å². The fourth-order valence-corrected chi connectivity index (χ4v) is 4.63. The monoisotopic (exact) mass is 596 g/mol. The number of carbonyl (C=O) groups excluding carboxylic acids is 2. The Morgan fingerprint density at radius 1 is 1.05 bits per heavy atom. The third-order valence-corrected chi connectivity index (χ3v) is 6.56. The van der Waals surface area contributed by atoms with E-state index in [1.165, 1.54) is 13.2 Å². The summed E-state index contributed by atoms with van der Waals surface area (Å²) in [6.07, 6.45) is -5.23. The van der Waals surface area contributed by atoms with Gasteiger partial charge in [0.2, 0.25) is 0 Å². The van der Waals surface area contributed by atoms with Crippen molar-refractivity contribution in [3.8, 4) is 11.6 Å². The van der Waals surface area contributed by atoms with E-state index in [0.29, 0.717) is 37.5 Å². The fraction of sp³-hybridized carbons (Fsp3) is 0.370. The molecule has 1 aliphatic heterocycles. The summed E-state index contributed by atoms with van der Waals surface area (Å²) in [5, 5.41) is 11.2. The van der Waals surface area contributed by atoms with Crippen molar-refractivity contribution in [2.45, 2.75) is 25.1 Å². The van der Waals surface area contributed by atoms with E-state index < -0.39 is 47.4 Å². The molecule has 15 heteroatoms. The number of likely N-dealkylation sites (tertiary alicyclic amines) is 1. The number of hydrogen-bond donors (Lipinski definition) is 3. The molecule has 2 heterocycles. The van der Waals surface area contributed by atoms with Crippen LogP contribution in [-0.2, 0) is 9.53 Å². The molecule has 3 aromatic rings. The molecule has 1 aliphatic rings. The van der Waals surface area contributed by atoms with Crippen LogP contribution < -0.4 is 20.7 Å². The van der Waals surface area contributed by atoms with Crippen LogP contribution in [0, 0.1) is 11.6 Å². The molecule has 0 aliphatic carbocycles. The van der Waals surface area contributed by atoms with Crippen LogP contribution in [0.2, 0.25) is 0 Å². The van der Waals surface area contributed by atoms with Gasteiger partial charge in [0.25, 0.3) is 5.88 Å². The molecule has 0 saturated carbocycles. The zero-order valence-electron chi connectivity index (χ0n) is 22.7. The van der Waals surface area contributed by atoms with Crippen molar-refractivity contribution in [1.82, 2.24) is 20.0 Å². The van der Waals surface area contributed by atoms with Gasteiger partial charge >= 0.3 is 18.1 Å². The molecule has 3 amide bonds. The summed E-state index contributed by atoms with van der Waals surface area (Å²) in [4.78, 5) is 27.2. The highest BCUT2D eigenvalue weighted by molar-refractivity contribution is 6.02. The minimum absolute atomic E-state index is 0.00161. The van der Waals surface area contributed by atoms with E-state index >= 15 is 0 Å². The number of ether oxygens (including phenoxy) is 2. The van der Waals surface area contributed by atoms with E-state index in [0.717, 1.165) is 16.8 Å². The van der Waals surface area contributed by atoms with E-state index in [-0.39, 0.29) is 18.3 Å². The quantitative estimate of drug-likeness (QED) is 0.302. The summed E-state index contributed by atoms with van der Waals surface area (Å²) in [5.74, 6) is -5.43. The number of benzene rings is 2. The molecule has 0 radical (unpaired) electrons. The third kappa shape index (κ3) is 7.15. The fourth-order valence-electron chi connectivity index (χ4n) is 4.63. The molecule has 0 unspecified atom stereocenters. The van der Waals surface area contributed by atoms with Gasteiger partial charge in [-0.15, -0.1) is 5.10 Å². The lowest BCUT2D eigenvalue weighted by Gasteiger charge is -2.21. The number of hydrogen-bond acceptors (Lipinski definition) is 6. The Balaban J connectivity index is 1.66. The number of urea groups is 1. The molecule has 0 spiro atoms. The Hall–Kier alpha value is -4.24. The first-order chi connectivity index (χ1) is 20.0. The summed E-state index contributed by atoms with van der Waals surface area (Å²) >= 11 is 0. The molecule has 2 atom stereocenters. The van der Waals surface area contributed by atoms with Crippen LogP contribution in [-0.4, -0.2) is 78.8 Å². The molecule has 4 rings (SSSR count). The van der Waals surface area contributed by atoms with Crippen LogP contribution in [0.1, 0.15) is 18.4 Å². The molecule has 1 saturated heterocycles. The van der Waals surface area contributed by atoms with Crippen LogP contribution >= 0.6 is 0 Å². The van der Waals surface area contributed by atoms with Crippen LogP contribution in [0.15, 0.2) is 48.5 Å². The van der Waals surface area contributed by atoms with E-state index in [9.17, 15) is 31.5 Å². The molecule has 0 bridgehead atoms. The second-order valence-corrected chi connectivity index (χ2v) is 9.40. The Kier molecular flexibility index (Phi) is 9.63. The second kappa shape index (κ2) is 13.2. The Morgan fingerprint density at radius 3 is 2.43 bits per heavy atom. The van der Waals surface area contributed by atoms with Crippen LogP contribution in [0.3, 0.4) is 0 Å². The largest absolute Gasteiger partial charge is 0.475 e. The highest BCUT2D eigenvalue weighted by Gasteiger charge is 2.41. The Morgan fingerprint density at radius 2 is 1.79 bits per heavy atom. The van der Waals surface area contributed by atoms with Crippen molar-refractivity contribution in [2.24, 2.45) is 0 Å². The second-order valence-electron chi connectivity index (χ2n) is 9.40. The number of aromatic nitrogens is 2. The first kappa shape index (κ1) is 30.7. The molecular formula is C27H29F5N6O4. The number of nitrogens with one attached hydrogen (secondary N) is 3. The van der Waals surface area contributed by atoms with Crippen LogP contribution in [0.4, 0.5) is 38.3 Å². The molecular weight excluding hydrogens is 567 g/mol. The van der Waals surface area contributed by atoms with Gasteiger partial charge in [-0.1, -0.05) is 24.3 Å². The van der Waals surface area contributed by atoms with Crippen molar-refractivity contribution < 1.29 is 41.0 Å². The van der Waals surface area contributed by atoms with Gasteiger partial charge in [-0.3, -0.25) is 15.0 Å². The maximum atomic E-state index is 14.1. The number of para-hydroxylation sites is 1. The molecule has 1 aromatic heterocycles. The van der Waals surface area contributed by atoms with Crippen molar-refractivity contribution in [3.05, 3.63) is 65.7 Å². The highest BCUT2D eigenvalue weighted by Crippen LogP contribution is 2.36. The number of nitrogens with zero attached hydrogens (tertiary/aromatic N) is 3. The average molecular weight is 597 g/mol.